The molecule has 4 nitrogen and oxygen atoms in total. The number of hydrogen-bond acceptors (Lipinski definition) is 3. The van der Waals surface area contributed by atoms with Gasteiger partial charge in [0.15, 0.2) is 0 Å². The van der Waals surface area contributed by atoms with E-state index in [0.717, 1.165) is 16.9 Å². The van der Waals surface area contributed by atoms with E-state index < -0.39 is 0 Å². The van der Waals surface area contributed by atoms with Crippen LogP contribution in [0, 0.1) is 6.92 Å². The molecule has 1 aromatic carbocycles. The molecule has 1 aliphatic heterocycles. The molecule has 0 fully saturated rings. The van der Waals surface area contributed by atoms with Gasteiger partial charge in [0, 0.05) is 26.0 Å². The molecule has 28 heavy (non-hydrogen) atoms. The van der Waals surface area contributed by atoms with E-state index in [1.807, 2.05) is 43.1 Å². The van der Waals surface area contributed by atoms with Gasteiger partial charge in [-0.25, -0.2) is 0 Å². The van der Waals surface area contributed by atoms with E-state index in [9.17, 15) is 4.79 Å². The van der Waals surface area contributed by atoms with Crippen LogP contribution in [-0.2, 0) is 0 Å². The fraction of sp³-hybridized carbons (Fsp3) is 0.333. The predicted molar refractivity (Wildman–Crippen MR) is 120 cm³/mol. The second-order valence-corrected chi connectivity index (χ2v) is 7.42. The van der Waals surface area contributed by atoms with Gasteiger partial charge in [0.2, 0.25) is 0 Å². The van der Waals surface area contributed by atoms with Crippen molar-refractivity contribution in [1.82, 2.24) is 5.32 Å². The lowest BCUT2D eigenvalue weighted by molar-refractivity contribution is 0.0945. The van der Waals surface area contributed by atoms with E-state index in [1.165, 1.54) is 16.7 Å². The number of allylic oxidation sites excluding steroid dienone is 5. The van der Waals surface area contributed by atoms with E-state index in [-0.39, 0.29) is 11.9 Å². The van der Waals surface area contributed by atoms with Crippen LogP contribution < -0.4 is 10.2 Å². The Kier molecular flexibility index (Phi) is 7.16. The minimum Gasteiger partial charge on any atom is -0.346 e. The molecule has 1 heterocycles. The molecule has 2 rings (SSSR count). The summed E-state index contributed by atoms with van der Waals surface area (Å²) in [5.41, 5.74) is 7.08. The number of hydrogen-bond donors (Lipinski definition) is 1. The number of carbonyl (C=O) groups is 1. The van der Waals surface area contributed by atoms with Gasteiger partial charge >= 0.3 is 0 Å². The maximum Gasteiger partial charge on any atom is 0.253 e. The van der Waals surface area contributed by atoms with Crippen molar-refractivity contribution in [1.29, 1.82) is 0 Å². The first-order chi connectivity index (χ1) is 13.2. The number of aliphatic imine (C=N–C) groups is 1. The summed E-state index contributed by atoms with van der Waals surface area (Å²) in [7, 11) is 3.73. The van der Waals surface area contributed by atoms with Crippen LogP contribution in [0.2, 0.25) is 0 Å². The fourth-order valence-electron chi connectivity index (χ4n) is 3.11. The van der Waals surface area contributed by atoms with Crippen molar-refractivity contribution in [2.45, 2.75) is 40.2 Å². The van der Waals surface area contributed by atoms with E-state index in [4.69, 9.17) is 0 Å². The predicted octanol–water partition coefficient (Wildman–Crippen LogP) is 4.99. The number of rotatable bonds is 5. The molecule has 0 aromatic heterocycles. The van der Waals surface area contributed by atoms with Gasteiger partial charge in [0.1, 0.15) is 0 Å². The molecule has 0 bridgehead atoms. The zero-order valence-corrected chi connectivity index (χ0v) is 17.8. The lowest BCUT2D eigenvalue weighted by Crippen LogP contribution is -2.37. The van der Waals surface area contributed by atoms with Crippen molar-refractivity contribution >= 4 is 17.8 Å². The quantitative estimate of drug-likeness (QED) is 0.580. The van der Waals surface area contributed by atoms with Gasteiger partial charge in [-0.1, -0.05) is 35.9 Å². The minimum absolute atomic E-state index is 0.0497. The number of anilines is 1. The Morgan fingerprint density at radius 2 is 1.89 bits per heavy atom. The normalized spacial score (nSPS) is 19.0. The highest BCUT2D eigenvalue weighted by Gasteiger charge is 2.27. The van der Waals surface area contributed by atoms with Gasteiger partial charge in [-0.3, -0.25) is 9.79 Å². The summed E-state index contributed by atoms with van der Waals surface area (Å²) in [6.45, 7) is 12.5. The van der Waals surface area contributed by atoms with Crippen molar-refractivity contribution in [2.24, 2.45) is 4.99 Å². The van der Waals surface area contributed by atoms with Crippen LogP contribution in [0.1, 0.15) is 43.1 Å². The lowest BCUT2D eigenvalue weighted by Gasteiger charge is -2.26. The maximum absolute atomic E-state index is 12.8. The zero-order valence-electron chi connectivity index (χ0n) is 17.8. The van der Waals surface area contributed by atoms with Crippen LogP contribution in [0.4, 0.5) is 5.69 Å². The van der Waals surface area contributed by atoms with Crippen molar-refractivity contribution < 1.29 is 4.79 Å². The third kappa shape index (κ3) is 5.10. The smallest absolute Gasteiger partial charge is 0.253 e. The average Bonchev–Trinajstić information content (AvgIpc) is 2.75. The van der Waals surface area contributed by atoms with Gasteiger partial charge in [-0.05, 0) is 63.5 Å². The Hall–Kier alpha value is -2.88. The Bertz CT molecular complexity index is 887. The van der Waals surface area contributed by atoms with Crippen LogP contribution in [0.3, 0.4) is 0 Å². The SMILES string of the molecule is C=C1C(C/C(C)=C/C=C(C)/C(C)=C/C=N\C)NC(=O)c2cc(C)ccc2N1C. The summed E-state index contributed by atoms with van der Waals surface area (Å²) in [6, 6.07) is 5.80. The largest absolute Gasteiger partial charge is 0.346 e. The van der Waals surface area contributed by atoms with Gasteiger partial charge in [-0.15, -0.1) is 0 Å². The van der Waals surface area contributed by atoms with Crippen LogP contribution >= 0.6 is 0 Å². The first-order valence-corrected chi connectivity index (χ1v) is 9.52. The molecule has 148 valence electrons. The maximum atomic E-state index is 12.8. The molecule has 1 aromatic rings. The van der Waals surface area contributed by atoms with Crippen molar-refractivity contribution in [3.63, 3.8) is 0 Å². The zero-order chi connectivity index (χ0) is 20.8. The van der Waals surface area contributed by atoms with E-state index in [0.29, 0.717) is 12.0 Å². The highest BCUT2D eigenvalue weighted by Crippen LogP contribution is 2.29. The number of benzene rings is 1. The van der Waals surface area contributed by atoms with Crippen LogP contribution in [0.15, 0.2) is 70.4 Å². The molecule has 1 N–H and O–H groups in total. The minimum atomic E-state index is -0.140. The summed E-state index contributed by atoms with van der Waals surface area (Å²) < 4.78 is 0. The summed E-state index contributed by atoms with van der Waals surface area (Å²) in [5, 5.41) is 3.14. The molecule has 0 aliphatic carbocycles. The molecule has 0 spiro atoms. The van der Waals surface area contributed by atoms with Gasteiger partial charge in [0.05, 0.1) is 17.3 Å². The first kappa shape index (κ1) is 21.4. The Labute approximate surface area is 169 Å². The van der Waals surface area contributed by atoms with Crippen molar-refractivity contribution in [2.75, 3.05) is 19.0 Å². The third-order valence-electron chi connectivity index (χ3n) is 5.14. The van der Waals surface area contributed by atoms with Crippen LogP contribution in [0.5, 0.6) is 0 Å². The summed E-state index contributed by atoms with van der Waals surface area (Å²) in [4.78, 5) is 18.8. The number of nitrogens with zero attached hydrogens (tertiary/aromatic N) is 2. The Morgan fingerprint density at radius 1 is 1.21 bits per heavy atom. The molecule has 0 saturated carbocycles. The van der Waals surface area contributed by atoms with E-state index in [2.05, 4.69) is 49.8 Å². The average molecular weight is 378 g/mol. The second-order valence-electron chi connectivity index (χ2n) is 7.42. The molecule has 4 heteroatoms. The summed E-state index contributed by atoms with van der Waals surface area (Å²) in [6.07, 6.45) is 8.72. The van der Waals surface area contributed by atoms with E-state index >= 15 is 0 Å². The topological polar surface area (TPSA) is 44.7 Å². The number of nitrogens with one attached hydrogen (secondary N) is 1. The number of aryl methyl sites for hydroxylation is 1. The fourth-order valence-corrected chi connectivity index (χ4v) is 3.11. The first-order valence-electron chi connectivity index (χ1n) is 9.52. The molecular weight excluding hydrogens is 346 g/mol. The number of likely N-dealkylation sites (N-methyl/N-ethyl adjacent to an activating group) is 1. The van der Waals surface area contributed by atoms with Crippen molar-refractivity contribution in [3.8, 4) is 0 Å². The van der Waals surface area contributed by atoms with Crippen molar-refractivity contribution in [3.05, 3.63) is 76.5 Å². The molecular formula is C24H31N3O. The lowest BCUT2D eigenvalue weighted by atomic mass is 10.0. The summed E-state index contributed by atoms with van der Waals surface area (Å²) >= 11 is 0. The number of amides is 1. The van der Waals surface area contributed by atoms with Gasteiger partial charge in [0.25, 0.3) is 5.91 Å². The van der Waals surface area contributed by atoms with Crippen LogP contribution in [-0.4, -0.2) is 32.3 Å². The number of fused-ring (bicyclic) bond motifs is 1. The highest BCUT2D eigenvalue weighted by molar-refractivity contribution is 6.01. The number of carbonyl (C=O) groups excluding carboxylic acids is 1. The Morgan fingerprint density at radius 3 is 2.57 bits per heavy atom. The van der Waals surface area contributed by atoms with Gasteiger partial charge in [-0.2, -0.15) is 0 Å². The van der Waals surface area contributed by atoms with Crippen LogP contribution in [0.25, 0.3) is 0 Å². The van der Waals surface area contributed by atoms with Gasteiger partial charge < -0.3 is 10.2 Å². The standard InChI is InChI=1S/C24H31N3O/c1-16-9-11-23-21(14-16)24(28)26-22(20(5)27(23)7)15-17(2)8-10-18(3)19(4)12-13-25-6/h8-14,22H,5,15H2,1-4,6-7H3,(H,26,28)/b17-8+,18-10+,19-12+,25-13-. The van der Waals surface area contributed by atoms with E-state index in [1.54, 1.807) is 13.3 Å². The Balaban J connectivity index is 2.20. The highest BCUT2D eigenvalue weighted by atomic mass is 16.1. The molecule has 0 radical (unpaired) electrons. The molecule has 1 atom stereocenters. The molecule has 1 amide bonds. The molecule has 1 unspecified atom stereocenters. The monoisotopic (exact) mass is 377 g/mol. The molecule has 1 aliphatic rings. The third-order valence-corrected chi connectivity index (χ3v) is 5.14. The summed E-state index contributed by atoms with van der Waals surface area (Å²) in [5.74, 6) is -0.0497. The second kappa shape index (κ2) is 9.36. The molecule has 0 saturated heterocycles.